The number of primary sulfonamides is 1. The zero-order valence-corrected chi connectivity index (χ0v) is 15.7. The van der Waals surface area contributed by atoms with E-state index in [1.54, 1.807) is 6.07 Å². The minimum absolute atomic E-state index is 0.0210. The average molecular weight is 392 g/mol. The number of halogens is 1. The van der Waals surface area contributed by atoms with Gasteiger partial charge in [0.15, 0.2) is 5.78 Å². The van der Waals surface area contributed by atoms with Crippen molar-refractivity contribution >= 4 is 38.4 Å². The second-order valence-electron chi connectivity index (χ2n) is 6.02. The number of fused-ring (bicyclic) bond motifs is 1. The number of nitrogens with two attached hydrogens (primary N) is 1. The van der Waals surface area contributed by atoms with Crippen molar-refractivity contribution in [1.82, 2.24) is 0 Å². The maximum absolute atomic E-state index is 13.2. The highest BCUT2D eigenvalue weighted by Gasteiger charge is 2.23. The van der Waals surface area contributed by atoms with Crippen LogP contribution in [-0.2, 0) is 16.4 Å². The highest BCUT2D eigenvalue weighted by atomic mass is 35.5. The normalized spacial score (nSPS) is 11.8. The fourth-order valence-corrected chi connectivity index (χ4v) is 3.94. The molecule has 0 unspecified atom stereocenters. The predicted molar refractivity (Wildman–Crippen MR) is 101 cm³/mol. The number of aryl methyl sites for hydroxylation is 1. The average Bonchev–Trinajstić information content (AvgIpc) is 2.97. The Hall–Kier alpha value is -2.15. The van der Waals surface area contributed by atoms with Crippen molar-refractivity contribution in [1.29, 1.82) is 0 Å². The lowest BCUT2D eigenvalue weighted by atomic mass is 9.98. The van der Waals surface area contributed by atoms with E-state index in [0.29, 0.717) is 28.7 Å². The second-order valence-corrected chi connectivity index (χ2v) is 7.96. The fraction of sp³-hybridized carbons (Fsp3) is 0.211. The highest BCUT2D eigenvalue weighted by Crippen LogP contribution is 2.30. The topological polar surface area (TPSA) is 90.4 Å². The van der Waals surface area contributed by atoms with Crippen molar-refractivity contribution < 1.29 is 17.6 Å². The van der Waals surface area contributed by atoms with Crippen LogP contribution in [0.15, 0.2) is 51.8 Å². The smallest absolute Gasteiger partial charge is 0.239 e. The van der Waals surface area contributed by atoms with Gasteiger partial charge in [-0.2, -0.15) is 0 Å². The predicted octanol–water partition coefficient (Wildman–Crippen LogP) is 4.31. The molecule has 0 atom stereocenters. The number of furan rings is 1. The van der Waals surface area contributed by atoms with Gasteiger partial charge in [-0.15, -0.1) is 0 Å². The molecule has 0 radical (unpaired) electrons. The lowest BCUT2D eigenvalue weighted by Crippen LogP contribution is -2.14. The number of sulfonamides is 1. The Morgan fingerprint density at radius 3 is 2.62 bits per heavy atom. The first kappa shape index (κ1) is 18.6. The maximum Gasteiger partial charge on any atom is 0.239 e. The van der Waals surface area contributed by atoms with Crippen LogP contribution >= 0.6 is 11.6 Å². The van der Waals surface area contributed by atoms with Crippen LogP contribution in [0.3, 0.4) is 0 Å². The van der Waals surface area contributed by atoms with Crippen LogP contribution < -0.4 is 5.14 Å². The summed E-state index contributed by atoms with van der Waals surface area (Å²) in [4.78, 5) is 12.9. The van der Waals surface area contributed by atoms with Gasteiger partial charge in [0.1, 0.15) is 16.2 Å². The number of carbonyl (C=O) groups excluding carboxylic acids is 1. The van der Waals surface area contributed by atoms with E-state index in [1.807, 2.05) is 18.2 Å². The molecule has 0 aliphatic rings. The Morgan fingerprint density at radius 2 is 1.92 bits per heavy atom. The van der Waals surface area contributed by atoms with Crippen molar-refractivity contribution in [2.24, 2.45) is 5.14 Å². The summed E-state index contributed by atoms with van der Waals surface area (Å²) < 4.78 is 29.3. The first-order chi connectivity index (χ1) is 12.3. The number of hydrogen-bond acceptors (Lipinski definition) is 4. The van der Waals surface area contributed by atoms with E-state index in [1.165, 1.54) is 18.2 Å². The van der Waals surface area contributed by atoms with Crippen molar-refractivity contribution in [3.05, 3.63) is 64.4 Å². The number of unbranched alkanes of at least 4 members (excludes halogenated alkanes) is 1. The maximum atomic E-state index is 13.2. The quantitative estimate of drug-likeness (QED) is 0.634. The summed E-state index contributed by atoms with van der Waals surface area (Å²) in [7, 11) is -4.03. The summed E-state index contributed by atoms with van der Waals surface area (Å²) in [5.74, 6) is 0.285. The molecule has 2 N–H and O–H groups in total. The molecule has 0 aliphatic carbocycles. The Bertz CT molecular complexity index is 1090. The molecule has 0 amide bonds. The van der Waals surface area contributed by atoms with Crippen LogP contribution in [0.1, 0.15) is 41.4 Å². The van der Waals surface area contributed by atoms with Crippen molar-refractivity contribution in [2.75, 3.05) is 0 Å². The first-order valence-corrected chi connectivity index (χ1v) is 10.1. The van der Waals surface area contributed by atoms with E-state index in [4.69, 9.17) is 21.2 Å². The lowest BCUT2D eigenvalue weighted by Gasteiger charge is -2.06. The molecular formula is C19H18ClNO4S. The summed E-state index contributed by atoms with van der Waals surface area (Å²) >= 11 is 5.92. The van der Waals surface area contributed by atoms with E-state index in [2.05, 4.69) is 6.92 Å². The zero-order valence-electron chi connectivity index (χ0n) is 14.2. The fourth-order valence-electron chi connectivity index (χ4n) is 2.87. The van der Waals surface area contributed by atoms with Crippen LogP contribution in [0, 0.1) is 0 Å². The molecule has 0 bridgehead atoms. The third-order valence-electron chi connectivity index (χ3n) is 4.15. The Labute approximate surface area is 156 Å². The summed E-state index contributed by atoms with van der Waals surface area (Å²) in [6.45, 7) is 2.06. The minimum atomic E-state index is -4.03. The van der Waals surface area contributed by atoms with Crippen LogP contribution in [0.25, 0.3) is 11.0 Å². The Balaban J connectivity index is 2.16. The Kier molecular flexibility index (Phi) is 5.18. The van der Waals surface area contributed by atoms with Crippen molar-refractivity contribution in [3.8, 4) is 0 Å². The van der Waals surface area contributed by atoms with E-state index >= 15 is 0 Å². The SMILES string of the molecule is CCCCc1oc2ccccc2c1C(=O)c1ccc(Cl)c(S(N)(=O)=O)c1. The van der Waals surface area contributed by atoms with Crippen LogP contribution in [-0.4, -0.2) is 14.2 Å². The van der Waals surface area contributed by atoms with E-state index < -0.39 is 10.0 Å². The monoisotopic (exact) mass is 391 g/mol. The summed E-state index contributed by atoms with van der Waals surface area (Å²) in [5.41, 5.74) is 1.28. The first-order valence-electron chi connectivity index (χ1n) is 8.20. The molecule has 136 valence electrons. The van der Waals surface area contributed by atoms with Gasteiger partial charge in [0, 0.05) is 17.4 Å². The largest absolute Gasteiger partial charge is 0.460 e. The second kappa shape index (κ2) is 7.23. The number of hydrogen-bond donors (Lipinski definition) is 1. The minimum Gasteiger partial charge on any atom is -0.460 e. The molecule has 3 aromatic rings. The molecule has 3 rings (SSSR count). The van der Waals surface area contributed by atoms with Gasteiger partial charge in [-0.1, -0.05) is 43.1 Å². The molecule has 0 saturated carbocycles. The number of carbonyl (C=O) groups is 1. The van der Waals surface area contributed by atoms with E-state index in [9.17, 15) is 13.2 Å². The molecule has 5 nitrogen and oxygen atoms in total. The van der Waals surface area contributed by atoms with E-state index in [-0.39, 0.29) is 21.3 Å². The van der Waals surface area contributed by atoms with Gasteiger partial charge in [0.2, 0.25) is 10.0 Å². The van der Waals surface area contributed by atoms with Crippen molar-refractivity contribution in [2.45, 2.75) is 31.1 Å². The van der Waals surface area contributed by atoms with Crippen LogP contribution in [0.4, 0.5) is 0 Å². The Morgan fingerprint density at radius 1 is 1.19 bits per heavy atom. The molecule has 0 saturated heterocycles. The molecule has 0 fully saturated rings. The summed E-state index contributed by atoms with van der Waals surface area (Å²) in [6.07, 6.45) is 2.46. The molecule has 0 aliphatic heterocycles. The molecule has 1 heterocycles. The summed E-state index contributed by atoms with van der Waals surface area (Å²) in [6, 6.07) is 11.4. The standard InChI is InChI=1S/C19H18ClNO4S/c1-2-3-7-16-18(13-6-4-5-8-15(13)25-16)19(22)12-9-10-14(20)17(11-12)26(21,23)24/h4-6,8-11H,2-3,7H2,1H3,(H2,21,23,24). The number of benzene rings is 2. The van der Waals surface area contributed by atoms with Crippen LogP contribution in [0.2, 0.25) is 5.02 Å². The molecular weight excluding hydrogens is 374 g/mol. The van der Waals surface area contributed by atoms with Gasteiger partial charge in [0.25, 0.3) is 0 Å². The van der Waals surface area contributed by atoms with Crippen LogP contribution in [0.5, 0.6) is 0 Å². The molecule has 1 aromatic heterocycles. The highest BCUT2D eigenvalue weighted by molar-refractivity contribution is 7.89. The van der Waals surface area contributed by atoms with Gasteiger partial charge in [-0.3, -0.25) is 4.79 Å². The number of rotatable bonds is 6. The van der Waals surface area contributed by atoms with Gasteiger partial charge < -0.3 is 4.42 Å². The molecule has 2 aromatic carbocycles. The molecule has 7 heteroatoms. The van der Waals surface area contributed by atoms with Crippen molar-refractivity contribution in [3.63, 3.8) is 0 Å². The molecule has 0 spiro atoms. The third-order valence-corrected chi connectivity index (χ3v) is 5.55. The number of para-hydroxylation sites is 1. The molecule has 26 heavy (non-hydrogen) atoms. The third kappa shape index (κ3) is 3.53. The zero-order chi connectivity index (χ0) is 18.9. The van der Waals surface area contributed by atoms with Gasteiger partial charge in [-0.25, -0.2) is 13.6 Å². The van der Waals surface area contributed by atoms with Gasteiger partial charge >= 0.3 is 0 Å². The summed E-state index contributed by atoms with van der Waals surface area (Å²) in [5, 5.41) is 5.87. The van der Waals surface area contributed by atoms with Gasteiger partial charge in [-0.05, 0) is 30.7 Å². The number of ketones is 1. The van der Waals surface area contributed by atoms with E-state index in [0.717, 1.165) is 12.8 Å². The lowest BCUT2D eigenvalue weighted by molar-refractivity contribution is 0.103. The van der Waals surface area contributed by atoms with Gasteiger partial charge in [0.05, 0.1) is 10.6 Å².